The van der Waals surface area contributed by atoms with Gasteiger partial charge in [0.2, 0.25) is 0 Å². The van der Waals surface area contributed by atoms with Gasteiger partial charge in [-0.1, -0.05) is 0 Å². The van der Waals surface area contributed by atoms with Crippen molar-refractivity contribution < 1.29 is 37.2 Å². The molecule has 0 aliphatic rings. The number of hydrogen-bond acceptors (Lipinski definition) is 6. The molecule has 0 heterocycles. The second-order valence-corrected chi connectivity index (χ2v) is 5.43. The van der Waals surface area contributed by atoms with Crippen LogP contribution in [0.5, 0.6) is 0 Å². The third-order valence-electron chi connectivity index (χ3n) is 0.972. The second-order valence-electron chi connectivity index (χ2n) is 2.06. The maximum absolute atomic E-state index is 11.5. The minimum atomic E-state index is -6.01. The molecule has 0 fully saturated rings. The quantitative estimate of drug-likeness (QED) is 0.486. The predicted molar refractivity (Wildman–Crippen MR) is 37.3 cm³/mol. The van der Waals surface area contributed by atoms with Crippen LogP contribution in [0.2, 0.25) is 0 Å². The summed E-state index contributed by atoms with van der Waals surface area (Å²) >= 11 is -6.01. The normalized spacial score (nSPS) is 13.2. The molecule has 0 saturated carbocycles. The van der Waals surface area contributed by atoms with E-state index in [4.69, 9.17) is 0 Å². The van der Waals surface area contributed by atoms with Crippen molar-refractivity contribution in [3.63, 3.8) is 0 Å². The Bertz CT molecular complexity index is 238. The van der Waals surface area contributed by atoms with Gasteiger partial charge in [-0.3, -0.25) is 0 Å². The monoisotopic (exact) mass is 234 g/mol. The molecule has 0 aromatic carbocycles. The summed E-state index contributed by atoms with van der Waals surface area (Å²) in [6.07, 6.45) is 0. The van der Waals surface area contributed by atoms with Crippen LogP contribution in [0.4, 0.5) is 0 Å². The van der Waals surface area contributed by atoms with Crippen LogP contribution in [0.1, 0.15) is 20.8 Å². The molecule has 7 heteroatoms. The van der Waals surface area contributed by atoms with Crippen LogP contribution in [-0.2, 0) is 37.2 Å². The molecule has 0 spiro atoms. The van der Waals surface area contributed by atoms with Gasteiger partial charge < -0.3 is 0 Å². The van der Waals surface area contributed by atoms with Crippen LogP contribution < -0.4 is 0 Å². The zero-order valence-corrected chi connectivity index (χ0v) is 9.41. The molecule has 0 N–H and O–H groups in total. The molecule has 13 heavy (non-hydrogen) atoms. The Morgan fingerprint density at radius 3 is 1.69 bits per heavy atom. The Labute approximate surface area is 78.3 Å². The van der Waals surface area contributed by atoms with Gasteiger partial charge in [0.25, 0.3) is 0 Å². The van der Waals surface area contributed by atoms with Gasteiger partial charge >= 0.3 is 77.8 Å². The number of rotatable bonds is 7. The van der Waals surface area contributed by atoms with Crippen molar-refractivity contribution in [2.24, 2.45) is 0 Å². The molecule has 0 aromatic heterocycles. The fourth-order valence-corrected chi connectivity index (χ4v) is 2.64. The topological polar surface area (TPSA) is 71.1 Å². The molecule has 80 valence electrons. The van der Waals surface area contributed by atoms with E-state index in [1.807, 2.05) is 0 Å². The Morgan fingerprint density at radius 2 is 1.38 bits per heavy atom. The predicted octanol–water partition coefficient (Wildman–Crippen LogP) is 1.15. The van der Waals surface area contributed by atoms with Crippen LogP contribution >= 0.6 is 0 Å². The van der Waals surface area contributed by atoms with E-state index < -0.39 is 13.8 Å². The third kappa shape index (κ3) is 4.71. The fourth-order valence-electron chi connectivity index (χ4n) is 0.641. The number of hydrogen-bond donors (Lipinski definition) is 0. The van der Waals surface area contributed by atoms with Crippen LogP contribution in [0.25, 0.3) is 0 Å². The summed E-state index contributed by atoms with van der Waals surface area (Å²) < 4.78 is 36.0. The van der Waals surface area contributed by atoms with Crippen molar-refractivity contribution in [3.05, 3.63) is 0 Å². The fraction of sp³-hybridized carbons (Fsp3) is 1.00. The first-order chi connectivity index (χ1) is 5.96. The first kappa shape index (κ1) is 13.0. The average Bonchev–Trinajstić information content (AvgIpc) is 2.02. The molecule has 0 aliphatic heterocycles. The first-order valence-electron chi connectivity index (χ1n) is 4.07. The SMILES string of the molecule is CCO[O][V](=[O])(=[O])([O]CC)[O]CC. The molecule has 0 unspecified atom stereocenters. The standard InChI is InChI=1S/C2H6O2.2C2H5O.2O.V/c1-2-4-3;2*1-2-3;;;/h3H,2H2,1H3;2*2H2,1H3;;;/q;2*-1;;;+3/p-1. The summed E-state index contributed by atoms with van der Waals surface area (Å²) in [5.74, 6) is 0. The zero-order valence-electron chi connectivity index (χ0n) is 8.02. The van der Waals surface area contributed by atoms with Crippen molar-refractivity contribution in [1.29, 1.82) is 0 Å². The summed E-state index contributed by atoms with van der Waals surface area (Å²) in [5, 5.41) is 0. The van der Waals surface area contributed by atoms with Gasteiger partial charge in [0.05, 0.1) is 0 Å². The molecule has 6 nitrogen and oxygen atoms in total. The van der Waals surface area contributed by atoms with Crippen molar-refractivity contribution in [2.45, 2.75) is 20.8 Å². The summed E-state index contributed by atoms with van der Waals surface area (Å²) in [4.78, 5) is 4.31. The average molecular weight is 234 g/mol. The van der Waals surface area contributed by atoms with Crippen molar-refractivity contribution in [2.75, 3.05) is 19.8 Å². The molecule has 0 bridgehead atoms. The van der Waals surface area contributed by atoms with Gasteiger partial charge in [0, 0.05) is 0 Å². The molecule has 0 aliphatic carbocycles. The molecule has 0 atom stereocenters. The van der Waals surface area contributed by atoms with Crippen molar-refractivity contribution in [3.8, 4) is 0 Å². The van der Waals surface area contributed by atoms with E-state index in [1.54, 1.807) is 6.92 Å². The maximum atomic E-state index is 11.5. The van der Waals surface area contributed by atoms with Crippen LogP contribution in [0.15, 0.2) is 0 Å². The Hall–Kier alpha value is 0.0244. The van der Waals surface area contributed by atoms with Gasteiger partial charge in [-0.25, -0.2) is 0 Å². The molecule has 0 radical (unpaired) electrons. The summed E-state index contributed by atoms with van der Waals surface area (Å²) in [6, 6.07) is 0. The van der Waals surface area contributed by atoms with E-state index in [2.05, 4.69) is 16.0 Å². The van der Waals surface area contributed by atoms with Crippen molar-refractivity contribution >= 4 is 0 Å². The van der Waals surface area contributed by atoms with E-state index in [0.717, 1.165) is 0 Å². The summed E-state index contributed by atoms with van der Waals surface area (Å²) in [5.41, 5.74) is 0. The van der Waals surface area contributed by atoms with E-state index in [0.29, 0.717) is 0 Å². The first-order valence-corrected chi connectivity index (χ1v) is 6.92. The Morgan fingerprint density at radius 1 is 0.923 bits per heavy atom. The van der Waals surface area contributed by atoms with Crippen molar-refractivity contribution in [1.82, 2.24) is 0 Å². The van der Waals surface area contributed by atoms with Gasteiger partial charge in [0.1, 0.15) is 0 Å². The summed E-state index contributed by atoms with van der Waals surface area (Å²) in [7, 11) is 0. The summed E-state index contributed by atoms with van der Waals surface area (Å²) in [6.45, 7) is 4.62. The third-order valence-corrected chi connectivity index (χ3v) is 3.64. The molecule has 0 rings (SSSR count). The minimum absolute atomic E-state index is 0.0499. The van der Waals surface area contributed by atoms with Gasteiger partial charge in [-0.15, -0.1) is 0 Å². The van der Waals surface area contributed by atoms with E-state index >= 15 is 0 Å². The van der Waals surface area contributed by atoms with Crippen LogP contribution in [-0.4, -0.2) is 19.8 Å². The van der Waals surface area contributed by atoms with Gasteiger partial charge in [-0.05, 0) is 0 Å². The van der Waals surface area contributed by atoms with Crippen LogP contribution in [0, 0.1) is 0 Å². The van der Waals surface area contributed by atoms with E-state index in [9.17, 15) is 7.35 Å². The molecule has 0 saturated heterocycles. The van der Waals surface area contributed by atoms with Gasteiger partial charge in [0.15, 0.2) is 0 Å². The molecule has 0 amide bonds. The van der Waals surface area contributed by atoms with Gasteiger partial charge in [-0.2, -0.15) is 0 Å². The Kier molecular flexibility index (Phi) is 5.05. The zero-order chi connectivity index (χ0) is 10.4. The van der Waals surface area contributed by atoms with E-state index in [-0.39, 0.29) is 19.8 Å². The molecular formula is C6H15O6V. The molecule has 0 aromatic rings. The molecular weight excluding hydrogens is 219 g/mol. The van der Waals surface area contributed by atoms with E-state index in [1.165, 1.54) is 13.8 Å². The Balaban J connectivity index is 4.50. The van der Waals surface area contributed by atoms with Crippen LogP contribution in [0.3, 0.4) is 0 Å². The second kappa shape index (κ2) is 5.04.